The molecule has 5 heteroatoms. The quantitative estimate of drug-likeness (QED) is 0.816. The van der Waals surface area contributed by atoms with Gasteiger partial charge in [-0.05, 0) is 18.1 Å². The van der Waals surface area contributed by atoms with Crippen LogP contribution < -0.4 is 5.73 Å². The zero-order chi connectivity index (χ0) is 10.0. The number of hydrogen-bond acceptors (Lipinski definition) is 2. The van der Waals surface area contributed by atoms with Crippen LogP contribution in [0.4, 0.5) is 4.39 Å². The Morgan fingerprint density at radius 1 is 1.77 bits per heavy atom. The molecule has 0 bridgehead atoms. The molecule has 0 saturated carbocycles. The summed E-state index contributed by atoms with van der Waals surface area (Å²) in [5.74, 6) is -0.216. The van der Waals surface area contributed by atoms with E-state index in [1.165, 1.54) is 10.8 Å². The van der Waals surface area contributed by atoms with E-state index >= 15 is 0 Å². The third-order valence-electron chi connectivity index (χ3n) is 2.12. The van der Waals surface area contributed by atoms with E-state index in [4.69, 9.17) is 17.3 Å². The highest BCUT2D eigenvalue weighted by molar-refractivity contribution is 6.28. The van der Waals surface area contributed by atoms with E-state index in [-0.39, 0.29) is 5.92 Å². The molecule has 2 N–H and O–H groups in total. The zero-order valence-corrected chi connectivity index (χ0v) is 8.42. The van der Waals surface area contributed by atoms with E-state index in [1.807, 2.05) is 0 Å². The van der Waals surface area contributed by atoms with Crippen LogP contribution in [0.25, 0.3) is 0 Å². The van der Waals surface area contributed by atoms with Crippen molar-refractivity contribution in [3.05, 3.63) is 17.2 Å². The molecule has 74 valence electrons. The number of hydrogen-bond donors (Lipinski definition) is 1. The van der Waals surface area contributed by atoms with Gasteiger partial charge in [0.15, 0.2) is 0 Å². The van der Waals surface area contributed by atoms with Gasteiger partial charge in [-0.3, -0.25) is 0 Å². The van der Waals surface area contributed by atoms with Gasteiger partial charge in [0.25, 0.3) is 0 Å². The molecule has 1 aromatic heterocycles. The van der Waals surface area contributed by atoms with Crippen LogP contribution in [-0.4, -0.2) is 16.1 Å². The number of nitrogens with zero attached hydrogens (tertiary/aromatic N) is 2. The number of imidazole rings is 1. The van der Waals surface area contributed by atoms with E-state index in [9.17, 15) is 4.39 Å². The van der Waals surface area contributed by atoms with Crippen molar-refractivity contribution < 1.29 is 4.39 Å². The number of aromatic nitrogens is 2. The highest BCUT2D eigenvalue weighted by Gasteiger charge is 2.21. The second-order valence-corrected chi connectivity index (χ2v) is 3.46. The van der Waals surface area contributed by atoms with Gasteiger partial charge in [-0.15, -0.1) is 0 Å². The van der Waals surface area contributed by atoms with Crippen LogP contribution in [0.15, 0.2) is 6.20 Å². The molecule has 3 nitrogen and oxygen atoms in total. The van der Waals surface area contributed by atoms with Gasteiger partial charge in [-0.1, -0.05) is 6.92 Å². The Kier molecular flexibility index (Phi) is 3.27. The molecule has 0 fully saturated rings. The summed E-state index contributed by atoms with van der Waals surface area (Å²) in [5.41, 5.74) is 5.84. The summed E-state index contributed by atoms with van der Waals surface area (Å²) in [5, 5.41) is 0.293. The minimum atomic E-state index is -1.10. The van der Waals surface area contributed by atoms with Crippen molar-refractivity contribution in [3.63, 3.8) is 0 Å². The molecule has 0 aliphatic heterocycles. The van der Waals surface area contributed by atoms with Gasteiger partial charge in [0.05, 0.1) is 11.9 Å². The van der Waals surface area contributed by atoms with Gasteiger partial charge in [0.1, 0.15) is 6.17 Å². The molecule has 13 heavy (non-hydrogen) atoms. The topological polar surface area (TPSA) is 43.8 Å². The molecule has 0 amide bonds. The van der Waals surface area contributed by atoms with E-state index in [0.717, 1.165) is 0 Å². The lowest BCUT2D eigenvalue weighted by molar-refractivity contribution is 0.241. The smallest absolute Gasteiger partial charge is 0.202 e. The lowest BCUT2D eigenvalue weighted by Crippen LogP contribution is -2.17. The first-order valence-corrected chi connectivity index (χ1v) is 4.47. The molecule has 1 aromatic rings. The molecule has 0 radical (unpaired) electrons. The van der Waals surface area contributed by atoms with Crippen molar-refractivity contribution in [1.29, 1.82) is 0 Å². The van der Waals surface area contributed by atoms with Crippen LogP contribution in [0.5, 0.6) is 0 Å². The predicted molar refractivity (Wildman–Crippen MR) is 50.3 cm³/mol. The number of nitrogens with two attached hydrogens (primary N) is 1. The van der Waals surface area contributed by atoms with Crippen LogP contribution in [0.1, 0.15) is 18.8 Å². The molecule has 2 unspecified atom stereocenters. The van der Waals surface area contributed by atoms with Gasteiger partial charge in [0.2, 0.25) is 5.28 Å². The molecule has 1 rings (SSSR count). The van der Waals surface area contributed by atoms with Crippen LogP contribution in [0.2, 0.25) is 5.28 Å². The fraction of sp³-hybridized carbons (Fsp3) is 0.625. The summed E-state index contributed by atoms with van der Waals surface area (Å²) in [4.78, 5) is 3.80. The predicted octanol–water partition coefficient (Wildman–Crippen LogP) is 1.68. The van der Waals surface area contributed by atoms with Gasteiger partial charge < -0.3 is 10.3 Å². The Hall–Kier alpha value is -0.610. The fourth-order valence-electron chi connectivity index (χ4n) is 1.07. The first kappa shape index (κ1) is 10.5. The minimum absolute atomic E-state index is 0.216. The highest BCUT2D eigenvalue weighted by atomic mass is 35.5. The van der Waals surface area contributed by atoms with Crippen molar-refractivity contribution in [2.24, 2.45) is 18.7 Å². The molecule has 0 saturated heterocycles. The Balaban J connectivity index is 2.88. The third kappa shape index (κ3) is 2.00. The molecular weight excluding hydrogens is 193 g/mol. The van der Waals surface area contributed by atoms with Crippen molar-refractivity contribution >= 4 is 11.6 Å². The minimum Gasteiger partial charge on any atom is -0.330 e. The number of rotatable bonds is 3. The Morgan fingerprint density at radius 2 is 2.38 bits per heavy atom. The van der Waals surface area contributed by atoms with Crippen LogP contribution in [0.3, 0.4) is 0 Å². The molecular formula is C8H13ClFN3. The average Bonchev–Trinajstić information content (AvgIpc) is 2.45. The van der Waals surface area contributed by atoms with E-state index < -0.39 is 6.17 Å². The summed E-state index contributed by atoms with van der Waals surface area (Å²) in [6.45, 7) is 2.07. The monoisotopic (exact) mass is 205 g/mol. The highest BCUT2D eigenvalue weighted by Crippen LogP contribution is 2.26. The van der Waals surface area contributed by atoms with Gasteiger partial charge in [-0.2, -0.15) is 0 Å². The Morgan fingerprint density at radius 3 is 2.77 bits per heavy atom. The maximum absolute atomic E-state index is 13.6. The summed E-state index contributed by atoms with van der Waals surface area (Å²) in [7, 11) is 1.68. The molecule has 0 aliphatic rings. The van der Waals surface area contributed by atoms with Crippen molar-refractivity contribution in [3.8, 4) is 0 Å². The van der Waals surface area contributed by atoms with E-state index in [2.05, 4.69) is 4.98 Å². The second kappa shape index (κ2) is 4.07. The maximum Gasteiger partial charge on any atom is 0.202 e. The van der Waals surface area contributed by atoms with E-state index in [0.29, 0.717) is 17.5 Å². The van der Waals surface area contributed by atoms with E-state index in [1.54, 1.807) is 14.0 Å². The third-order valence-corrected chi connectivity index (χ3v) is 2.47. The zero-order valence-electron chi connectivity index (χ0n) is 7.67. The van der Waals surface area contributed by atoms with Crippen molar-refractivity contribution in [2.75, 3.05) is 6.54 Å². The number of alkyl halides is 1. The Labute approximate surface area is 81.7 Å². The SMILES string of the molecule is CC(CN)C(F)c1cnc(Cl)n1C. The second-order valence-electron chi connectivity index (χ2n) is 3.13. The molecule has 1 heterocycles. The van der Waals surface area contributed by atoms with Gasteiger partial charge in [0, 0.05) is 13.0 Å². The molecule has 2 atom stereocenters. The van der Waals surface area contributed by atoms with Crippen LogP contribution in [-0.2, 0) is 7.05 Å². The Bertz CT molecular complexity index is 287. The molecule has 0 aliphatic carbocycles. The average molecular weight is 206 g/mol. The summed E-state index contributed by atoms with van der Waals surface area (Å²) in [6, 6.07) is 0. The standard InChI is InChI=1S/C8H13ClFN3/c1-5(3-11)7(10)6-4-12-8(9)13(6)2/h4-5,7H,3,11H2,1-2H3. The maximum atomic E-state index is 13.6. The van der Waals surface area contributed by atoms with Crippen LogP contribution in [0, 0.1) is 5.92 Å². The first-order valence-electron chi connectivity index (χ1n) is 4.09. The van der Waals surface area contributed by atoms with Crippen molar-refractivity contribution in [1.82, 2.24) is 9.55 Å². The molecule has 0 aromatic carbocycles. The van der Waals surface area contributed by atoms with Crippen molar-refractivity contribution in [2.45, 2.75) is 13.1 Å². The van der Waals surface area contributed by atoms with Gasteiger partial charge >= 0.3 is 0 Å². The van der Waals surface area contributed by atoms with Gasteiger partial charge in [-0.25, -0.2) is 9.37 Å². The summed E-state index contributed by atoms with van der Waals surface area (Å²) < 4.78 is 15.1. The summed E-state index contributed by atoms with van der Waals surface area (Å²) >= 11 is 5.68. The normalized spacial score (nSPS) is 15.8. The fourth-order valence-corrected chi connectivity index (χ4v) is 1.21. The summed E-state index contributed by atoms with van der Waals surface area (Å²) in [6.07, 6.45) is 0.342. The number of halogens is 2. The lowest BCUT2D eigenvalue weighted by atomic mass is 10.0. The largest absolute Gasteiger partial charge is 0.330 e. The molecule has 0 spiro atoms. The lowest BCUT2D eigenvalue weighted by Gasteiger charge is -2.14. The van der Waals surface area contributed by atoms with Crippen LogP contribution >= 0.6 is 11.6 Å². The first-order chi connectivity index (χ1) is 6.07.